The molecule has 16 heavy (non-hydrogen) atoms. The number of likely N-dealkylation sites (N-methyl/N-ethyl adjacent to an activating group) is 1. The maximum Gasteiger partial charge on any atom is 0.0946 e. The van der Waals surface area contributed by atoms with Gasteiger partial charge in [0.15, 0.2) is 0 Å². The van der Waals surface area contributed by atoms with Crippen LogP contribution in [0.2, 0.25) is 0 Å². The first-order valence-corrected chi connectivity index (χ1v) is 6.17. The van der Waals surface area contributed by atoms with Gasteiger partial charge in [-0.15, -0.1) is 0 Å². The summed E-state index contributed by atoms with van der Waals surface area (Å²) < 4.78 is 2.13. The minimum Gasteiger partial charge on any atom is -0.336 e. The van der Waals surface area contributed by atoms with E-state index in [0.29, 0.717) is 12.0 Å². The summed E-state index contributed by atoms with van der Waals surface area (Å²) in [6.07, 6.45) is 9.67. The molecule has 1 aromatic rings. The smallest absolute Gasteiger partial charge is 0.0946 e. The zero-order chi connectivity index (χ0) is 11.4. The van der Waals surface area contributed by atoms with Gasteiger partial charge in [0.1, 0.15) is 0 Å². The third-order valence-corrected chi connectivity index (χ3v) is 3.76. The molecular formula is C12H22N4. The largest absolute Gasteiger partial charge is 0.336 e. The Morgan fingerprint density at radius 3 is 3.06 bits per heavy atom. The summed E-state index contributed by atoms with van der Waals surface area (Å²) in [7, 11) is 2.22. The van der Waals surface area contributed by atoms with E-state index in [-0.39, 0.29) is 0 Å². The molecule has 1 aromatic heterocycles. The van der Waals surface area contributed by atoms with E-state index in [1.807, 2.05) is 18.7 Å². The van der Waals surface area contributed by atoms with Crippen LogP contribution in [0.4, 0.5) is 0 Å². The third-order valence-electron chi connectivity index (χ3n) is 3.76. The number of hydrogen-bond donors (Lipinski definition) is 1. The molecule has 2 atom stereocenters. The number of imidazole rings is 1. The molecule has 0 saturated heterocycles. The van der Waals surface area contributed by atoms with Crippen LogP contribution in [0.3, 0.4) is 0 Å². The maximum absolute atomic E-state index is 5.81. The highest BCUT2D eigenvalue weighted by molar-refractivity contribution is 4.85. The molecule has 1 fully saturated rings. The van der Waals surface area contributed by atoms with Crippen molar-refractivity contribution in [3.05, 3.63) is 18.7 Å². The minimum atomic E-state index is 0.688. The number of aromatic nitrogens is 2. The van der Waals surface area contributed by atoms with Crippen molar-refractivity contribution in [1.82, 2.24) is 14.5 Å². The lowest BCUT2D eigenvalue weighted by Gasteiger charge is -2.29. The van der Waals surface area contributed by atoms with Crippen LogP contribution in [0.15, 0.2) is 18.7 Å². The first-order chi connectivity index (χ1) is 7.81. The Morgan fingerprint density at radius 2 is 2.38 bits per heavy atom. The molecular weight excluding hydrogens is 200 g/mol. The van der Waals surface area contributed by atoms with E-state index in [9.17, 15) is 0 Å². The van der Waals surface area contributed by atoms with E-state index in [2.05, 4.69) is 21.5 Å². The van der Waals surface area contributed by atoms with Gasteiger partial charge >= 0.3 is 0 Å². The summed E-state index contributed by atoms with van der Waals surface area (Å²) in [6, 6.07) is 0.688. The second kappa shape index (κ2) is 5.46. The molecule has 0 spiro atoms. The van der Waals surface area contributed by atoms with Crippen LogP contribution >= 0.6 is 0 Å². The lowest BCUT2D eigenvalue weighted by atomic mass is 10.0. The molecule has 1 saturated carbocycles. The van der Waals surface area contributed by atoms with Crippen LogP contribution in [0.1, 0.15) is 19.3 Å². The van der Waals surface area contributed by atoms with Gasteiger partial charge in [-0.2, -0.15) is 0 Å². The molecule has 2 unspecified atom stereocenters. The van der Waals surface area contributed by atoms with Gasteiger partial charge in [0.2, 0.25) is 0 Å². The standard InChI is InChI=1S/C12H22N4/c1-15(7-8-16-6-5-14-10-16)12-4-2-3-11(12)9-13/h5-6,10-12H,2-4,7-9,13H2,1H3. The van der Waals surface area contributed by atoms with Crippen molar-refractivity contribution in [2.75, 3.05) is 20.1 Å². The highest BCUT2D eigenvalue weighted by Crippen LogP contribution is 2.28. The molecule has 2 N–H and O–H groups in total. The normalized spacial score (nSPS) is 25.4. The summed E-state index contributed by atoms with van der Waals surface area (Å²) in [6.45, 7) is 2.93. The molecule has 1 heterocycles. The van der Waals surface area contributed by atoms with Gasteiger partial charge in [0.05, 0.1) is 6.33 Å². The first-order valence-electron chi connectivity index (χ1n) is 6.17. The number of nitrogens with zero attached hydrogens (tertiary/aromatic N) is 3. The molecule has 4 nitrogen and oxygen atoms in total. The van der Waals surface area contributed by atoms with E-state index in [1.54, 1.807) is 0 Å². The molecule has 0 bridgehead atoms. The van der Waals surface area contributed by atoms with Crippen LogP contribution in [0, 0.1) is 5.92 Å². The molecule has 1 aliphatic rings. The summed E-state index contributed by atoms with van der Waals surface area (Å²) in [5.74, 6) is 0.702. The summed E-state index contributed by atoms with van der Waals surface area (Å²) in [5, 5.41) is 0. The van der Waals surface area contributed by atoms with Crippen molar-refractivity contribution in [2.24, 2.45) is 11.7 Å². The maximum atomic E-state index is 5.81. The molecule has 0 aromatic carbocycles. The molecule has 90 valence electrons. The minimum absolute atomic E-state index is 0.688. The van der Waals surface area contributed by atoms with Crippen molar-refractivity contribution < 1.29 is 0 Å². The Bertz CT molecular complexity index is 296. The Labute approximate surface area is 97.4 Å². The zero-order valence-electron chi connectivity index (χ0n) is 10.0. The zero-order valence-corrected chi connectivity index (χ0v) is 10.0. The Kier molecular flexibility index (Phi) is 3.96. The molecule has 2 rings (SSSR count). The first kappa shape index (κ1) is 11.6. The predicted molar refractivity (Wildman–Crippen MR) is 65.0 cm³/mol. The predicted octanol–water partition coefficient (Wildman–Crippen LogP) is 0.942. The van der Waals surface area contributed by atoms with E-state index in [0.717, 1.165) is 19.6 Å². The quantitative estimate of drug-likeness (QED) is 0.806. The summed E-state index contributed by atoms with van der Waals surface area (Å²) in [4.78, 5) is 6.52. The number of rotatable bonds is 5. The van der Waals surface area contributed by atoms with Crippen molar-refractivity contribution >= 4 is 0 Å². The van der Waals surface area contributed by atoms with Crippen LogP contribution in [0.25, 0.3) is 0 Å². The SMILES string of the molecule is CN(CCn1ccnc1)C1CCCC1CN. The van der Waals surface area contributed by atoms with Gasteiger partial charge in [0.25, 0.3) is 0 Å². The third kappa shape index (κ3) is 2.62. The van der Waals surface area contributed by atoms with Crippen molar-refractivity contribution in [2.45, 2.75) is 31.8 Å². The van der Waals surface area contributed by atoms with Crippen molar-refractivity contribution in [3.63, 3.8) is 0 Å². The summed E-state index contributed by atoms with van der Waals surface area (Å²) in [5.41, 5.74) is 5.81. The van der Waals surface area contributed by atoms with E-state index in [1.165, 1.54) is 19.3 Å². The Morgan fingerprint density at radius 1 is 1.50 bits per heavy atom. The highest BCUT2D eigenvalue weighted by atomic mass is 15.2. The Hall–Kier alpha value is -0.870. The second-order valence-corrected chi connectivity index (χ2v) is 4.78. The van der Waals surface area contributed by atoms with Gasteiger partial charge < -0.3 is 15.2 Å². The van der Waals surface area contributed by atoms with E-state index >= 15 is 0 Å². The topological polar surface area (TPSA) is 47.1 Å². The molecule has 0 aliphatic heterocycles. The number of hydrogen-bond acceptors (Lipinski definition) is 3. The van der Waals surface area contributed by atoms with Crippen LogP contribution in [-0.2, 0) is 6.54 Å². The van der Waals surface area contributed by atoms with Gasteiger partial charge in [0, 0.05) is 31.5 Å². The molecule has 1 aliphatic carbocycles. The highest BCUT2D eigenvalue weighted by Gasteiger charge is 2.28. The van der Waals surface area contributed by atoms with Crippen molar-refractivity contribution in [1.29, 1.82) is 0 Å². The molecule has 0 amide bonds. The Balaban J connectivity index is 1.81. The number of nitrogens with two attached hydrogens (primary N) is 1. The van der Waals surface area contributed by atoms with E-state index < -0.39 is 0 Å². The van der Waals surface area contributed by atoms with Crippen molar-refractivity contribution in [3.8, 4) is 0 Å². The van der Waals surface area contributed by atoms with Crippen LogP contribution in [-0.4, -0.2) is 40.6 Å². The monoisotopic (exact) mass is 222 g/mol. The van der Waals surface area contributed by atoms with Gasteiger partial charge in [-0.25, -0.2) is 4.98 Å². The van der Waals surface area contributed by atoms with Gasteiger partial charge in [-0.3, -0.25) is 0 Å². The summed E-state index contributed by atoms with van der Waals surface area (Å²) >= 11 is 0. The van der Waals surface area contributed by atoms with Crippen LogP contribution < -0.4 is 5.73 Å². The second-order valence-electron chi connectivity index (χ2n) is 4.78. The lowest BCUT2D eigenvalue weighted by molar-refractivity contribution is 0.194. The lowest BCUT2D eigenvalue weighted by Crippen LogP contribution is -2.39. The molecule has 4 heteroatoms. The average Bonchev–Trinajstić information content (AvgIpc) is 2.96. The van der Waals surface area contributed by atoms with Crippen LogP contribution in [0.5, 0.6) is 0 Å². The fourth-order valence-corrected chi connectivity index (χ4v) is 2.73. The average molecular weight is 222 g/mol. The van der Waals surface area contributed by atoms with Gasteiger partial charge in [-0.1, -0.05) is 6.42 Å². The fourth-order valence-electron chi connectivity index (χ4n) is 2.73. The molecule has 0 radical (unpaired) electrons. The fraction of sp³-hybridized carbons (Fsp3) is 0.750. The van der Waals surface area contributed by atoms with E-state index in [4.69, 9.17) is 5.73 Å². The van der Waals surface area contributed by atoms with Gasteiger partial charge in [-0.05, 0) is 32.4 Å².